The van der Waals surface area contributed by atoms with Gasteiger partial charge in [-0.2, -0.15) is 4.52 Å². The minimum Gasteiger partial charge on any atom is -0.355 e. The Kier molecular flexibility index (Phi) is 4.70. The monoisotopic (exact) mass is 324 g/mol. The standard InChI is InChI=1S/C15H22F2N6/c1-3-21(4-2)9-11-7-8-22(10-11)13-6-5-12-18-19-15(14(16)17)23(12)20-13/h5-6,11,14H,3-4,7-10H2,1-2H3. The number of anilines is 1. The summed E-state index contributed by atoms with van der Waals surface area (Å²) in [5.74, 6) is 0.893. The quantitative estimate of drug-likeness (QED) is 0.815. The van der Waals surface area contributed by atoms with Crippen molar-refractivity contribution in [3.05, 3.63) is 18.0 Å². The highest BCUT2D eigenvalue weighted by Crippen LogP contribution is 2.24. The molecule has 3 rings (SSSR count). The van der Waals surface area contributed by atoms with Gasteiger partial charge < -0.3 is 9.80 Å². The number of nitrogens with zero attached hydrogens (tertiary/aromatic N) is 6. The molecule has 0 saturated carbocycles. The van der Waals surface area contributed by atoms with Crippen LogP contribution in [-0.4, -0.2) is 57.4 Å². The highest BCUT2D eigenvalue weighted by Gasteiger charge is 2.26. The van der Waals surface area contributed by atoms with Crippen LogP contribution in [0.5, 0.6) is 0 Å². The van der Waals surface area contributed by atoms with Gasteiger partial charge in [0.25, 0.3) is 6.43 Å². The third-order valence-corrected chi connectivity index (χ3v) is 4.49. The predicted molar refractivity (Wildman–Crippen MR) is 83.8 cm³/mol. The number of hydrogen-bond donors (Lipinski definition) is 0. The smallest absolute Gasteiger partial charge is 0.299 e. The van der Waals surface area contributed by atoms with Crippen molar-refractivity contribution in [1.82, 2.24) is 24.7 Å². The first kappa shape index (κ1) is 16.0. The summed E-state index contributed by atoms with van der Waals surface area (Å²) in [7, 11) is 0. The summed E-state index contributed by atoms with van der Waals surface area (Å²) in [5.41, 5.74) is 0.350. The summed E-state index contributed by atoms with van der Waals surface area (Å²) >= 11 is 0. The van der Waals surface area contributed by atoms with E-state index in [4.69, 9.17) is 0 Å². The lowest BCUT2D eigenvalue weighted by Crippen LogP contribution is -2.31. The first-order chi connectivity index (χ1) is 11.1. The van der Waals surface area contributed by atoms with Crippen LogP contribution in [0.3, 0.4) is 0 Å². The Labute approximate surface area is 134 Å². The summed E-state index contributed by atoms with van der Waals surface area (Å²) in [6.07, 6.45) is -1.58. The summed E-state index contributed by atoms with van der Waals surface area (Å²) in [5, 5.41) is 11.6. The SMILES string of the molecule is CCN(CC)CC1CCN(c2ccc3nnc(C(F)F)n3n2)C1. The van der Waals surface area contributed by atoms with Crippen molar-refractivity contribution in [3.8, 4) is 0 Å². The Morgan fingerprint density at radius 3 is 2.74 bits per heavy atom. The zero-order valence-corrected chi connectivity index (χ0v) is 13.5. The van der Waals surface area contributed by atoms with Crippen LogP contribution in [0.2, 0.25) is 0 Å². The Morgan fingerprint density at radius 2 is 2.04 bits per heavy atom. The Balaban J connectivity index is 1.75. The first-order valence-corrected chi connectivity index (χ1v) is 8.10. The van der Waals surface area contributed by atoms with Gasteiger partial charge in [0.15, 0.2) is 5.65 Å². The van der Waals surface area contributed by atoms with Crippen LogP contribution >= 0.6 is 0 Å². The molecule has 0 aliphatic carbocycles. The van der Waals surface area contributed by atoms with E-state index in [0.29, 0.717) is 17.4 Å². The van der Waals surface area contributed by atoms with Crippen LogP contribution in [0.4, 0.5) is 14.6 Å². The van der Waals surface area contributed by atoms with Crippen LogP contribution in [0.15, 0.2) is 12.1 Å². The Bertz CT molecular complexity index is 654. The zero-order valence-electron chi connectivity index (χ0n) is 13.5. The molecule has 0 aromatic carbocycles. The summed E-state index contributed by atoms with van der Waals surface area (Å²) in [6.45, 7) is 9.32. The van der Waals surface area contributed by atoms with Crippen molar-refractivity contribution in [1.29, 1.82) is 0 Å². The van der Waals surface area contributed by atoms with Crippen LogP contribution in [0.1, 0.15) is 32.5 Å². The third-order valence-electron chi connectivity index (χ3n) is 4.49. The van der Waals surface area contributed by atoms with E-state index in [0.717, 1.165) is 43.7 Å². The highest BCUT2D eigenvalue weighted by molar-refractivity contribution is 5.46. The van der Waals surface area contributed by atoms with E-state index in [1.54, 1.807) is 6.07 Å². The van der Waals surface area contributed by atoms with Crippen molar-refractivity contribution in [2.75, 3.05) is 37.6 Å². The number of rotatable bonds is 6. The number of alkyl halides is 2. The van der Waals surface area contributed by atoms with Gasteiger partial charge in [0.2, 0.25) is 5.82 Å². The molecule has 0 N–H and O–H groups in total. The Hall–Kier alpha value is -1.83. The van der Waals surface area contributed by atoms with Gasteiger partial charge in [0.1, 0.15) is 5.82 Å². The molecule has 1 atom stereocenters. The zero-order chi connectivity index (χ0) is 16.4. The van der Waals surface area contributed by atoms with Gasteiger partial charge in [0.05, 0.1) is 0 Å². The molecular weight excluding hydrogens is 302 g/mol. The highest BCUT2D eigenvalue weighted by atomic mass is 19.3. The molecule has 1 aliphatic rings. The van der Waals surface area contributed by atoms with Gasteiger partial charge in [0, 0.05) is 19.6 Å². The van der Waals surface area contributed by atoms with Crippen molar-refractivity contribution < 1.29 is 8.78 Å². The van der Waals surface area contributed by atoms with E-state index in [1.165, 1.54) is 0 Å². The number of hydrogen-bond acceptors (Lipinski definition) is 5. The van der Waals surface area contributed by atoms with Crippen LogP contribution < -0.4 is 4.90 Å². The van der Waals surface area contributed by atoms with Crippen molar-refractivity contribution in [3.63, 3.8) is 0 Å². The molecule has 1 saturated heterocycles. The van der Waals surface area contributed by atoms with Crippen molar-refractivity contribution in [2.24, 2.45) is 5.92 Å². The molecule has 23 heavy (non-hydrogen) atoms. The van der Waals surface area contributed by atoms with Crippen LogP contribution in [-0.2, 0) is 0 Å². The van der Waals surface area contributed by atoms with E-state index < -0.39 is 12.2 Å². The molecule has 2 aromatic heterocycles. The van der Waals surface area contributed by atoms with E-state index in [9.17, 15) is 8.78 Å². The second-order valence-electron chi connectivity index (χ2n) is 5.91. The molecule has 0 bridgehead atoms. The maximum Gasteiger partial charge on any atom is 0.299 e. The maximum atomic E-state index is 12.9. The minimum absolute atomic E-state index is 0.350. The molecule has 1 aliphatic heterocycles. The average Bonchev–Trinajstić information content (AvgIpc) is 3.18. The number of fused-ring (bicyclic) bond motifs is 1. The van der Waals surface area contributed by atoms with Crippen molar-refractivity contribution >= 4 is 11.5 Å². The van der Waals surface area contributed by atoms with E-state index >= 15 is 0 Å². The Morgan fingerprint density at radius 1 is 1.26 bits per heavy atom. The third kappa shape index (κ3) is 3.26. The van der Waals surface area contributed by atoms with Gasteiger partial charge in [-0.25, -0.2) is 8.78 Å². The maximum absolute atomic E-state index is 12.9. The topological polar surface area (TPSA) is 49.6 Å². The lowest BCUT2D eigenvalue weighted by atomic mass is 10.1. The summed E-state index contributed by atoms with van der Waals surface area (Å²) < 4.78 is 27.0. The second kappa shape index (κ2) is 6.74. The molecule has 0 radical (unpaired) electrons. The van der Waals surface area contributed by atoms with E-state index in [-0.39, 0.29) is 0 Å². The normalized spacial score (nSPS) is 18.7. The lowest BCUT2D eigenvalue weighted by Gasteiger charge is -2.23. The molecule has 6 nitrogen and oxygen atoms in total. The molecule has 2 aromatic rings. The van der Waals surface area contributed by atoms with Gasteiger partial charge >= 0.3 is 0 Å². The number of aromatic nitrogens is 4. The van der Waals surface area contributed by atoms with Gasteiger partial charge in [-0.05, 0) is 37.6 Å². The minimum atomic E-state index is -2.68. The van der Waals surface area contributed by atoms with E-state index in [1.807, 2.05) is 6.07 Å². The van der Waals surface area contributed by atoms with Crippen molar-refractivity contribution in [2.45, 2.75) is 26.7 Å². The van der Waals surface area contributed by atoms with Crippen LogP contribution in [0, 0.1) is 5.92 Å². The first-order valence-electron chi connectivity index (χ1n) is 8.10. The summed E-state index contributed by atoms with van der Waals surface area (Å²) in [4.78, 5) is 4.57. The second-order valence-corrected chi connectivity index (χ2v) is 5.91. The molecule has 1 unspecified atom stereocenters. The molecule has 1 fully saturated rings. The average molecular weight is 324 g/mol. The van der Waals surface area contributed by atoms with Gasteiger partial charge in [-0.3, -0.25) is 0 Å². The molecule has 3 heterocycles. The molecular formula is C15H22F2N6. The predicted octanol–water partition coefficient (Wildman–Crippen LogP) is 2.23. The fourth-order valence-electron chi connectivity index (χ4n) is 3.14. The van der Waals surface area contributed by atoms with Crippen LogP contribution in [0.25, 0.3) is 5.65 Å². The van der Waals surface area contributed by atoms with Gasteiger partial charge in [-0.1, -0.05) is 13.8 Å². The lowest BCUT2D eigenvalue weighted by molar-refractivity contribution is 0.137. The molecule has 126 valence electrons. The largest absolute Gasteiger partial charge is 0.355 e. The molecule has 0 amide bonds. The summed E-state index contributed by atoms with van der Waals surface area (Å²) in [6, 6.07) is 3.53. The fraction of sp³-hybridized carbons (Fsp3) is 0.667. The van der Waals surface area contributed by atoms with Gasteiger partial charge in [-0.15, -0.1) is 15.3 Å². The number of halogens is 2. The van der Waals surface area contributed by atoms with E-state index in [2.05, 4.69) is 38.9 Å². The molecule has 8 heteroatoms. The fourth-order valence-corrected chi connectivity index (χ4v) is 3.14. The molecule has 0 spiro atoms.